The molecule has 1 spiro atoms. The van der Waals surface area contributed by atoms with Gasteiger partial charge in [0.05, 0.1) is 18.1 Å². The second-order valence-electron chi connectivity index (χ2n) is 7.44. The summed E-state index contributed by atoms with van der Waals surface area (Å²) >= 11 is 1.94. The average molecular weight is 351 g/mol. The minimum Gasteiger partial charge on any atom is -0.378 e. The Kier molecular flexibility index (Phi) is 4.28. The van der Waals surface area contributed by atoms with E-state index in [9.17, 15) is 4.79 Å². The maximum absolute atomic E-state index is 12.7. The molecular weight excluding hydrogens is 326 g/mol. The van der Waals surface area contributed by atoms with Crippen molar-refractivity contribution >= 4 is 17.7 Å². The van der Waals surface area contributed by atoms with E-state index in [1.54, 1.807) is 6.33 Å². The number of hydrogen-bond donors (Lipinski definition) is 1. The second-order valence-corrected chi connectivity index (χ2v) is 8.66. The van der Waals surface area contributed by atoms with Gasteiger partial charge in [0.1, 0.15) is 6.33 Å². The van der Waals surface area contributed by atoms with E-state index in [1.807, 2.05) is 23.4 Å². The molecule has 3 fully saturated rings. The maximum Gasteiger partial charge on any atom is 0.222 e. The van der Waals surface area contributed by atoms with Gasteiger partial charge >= 0.3 is 0 Å². The van der Waals surface area contributed by atoms with Gasteiger partial charge in [-0.25, -0.2) is 4.68 Å². The molecule has 0 radical (unpaired) electrons. The maximum atomic E-state index is 12.7. The molecule has 24 heavy (non-hydrogen) atoms. The van der Waals surface area contributed by atoms with Gasteiger partial charge in [0.15, 0.2) is 0 Å². The molecule has 1 N–H and O–H groups in total. The topological polar surface area (TPSA) is 81.9 Å². The fourth-order valence-corrected chi connectivity index (χ4v) is 5.62. The molecule has 8 heteroatoms. The van der Waals surface area contributed by atoms with Crippen molar-refractivity contribution in [2.24, 2.45) is 5.41 Å². The highest BCUT2D eigenvalue weighted by Gasteiger charge is 2.62. The number of rotatable bonds is 6. The lowest BCUT2D eigenvalue weighted by molar-refractivity contribution is -0.124. The van der Waals surface area contributed by atoms with Gasteiger partial charge in [-0.05, 0) is 66.4 Å². The number of tetrazole rings is 1. The molecule has 132 valence electrons. The van der Waals surface area contributed by atoms with Gasteiger partial charge in [-0.3, -0.25) is 4.79 Å². The van der Waals surface area contributed by atoms with Crippen LogP contribution in [0.2, 0.25) is 0 Å². The van der Waals surface area contributed by atoms with Crippen molar-refractivity contribution in [3.05, 3.63) is 6.33 Å². The largest absolute Gasteiger partial charge is 0.378 e. The molecule has 4 rings (SSSR count). The first-order chi connectivity index (χ1) is 11.7. The Balaban J connectivity index is 1.34. The summed E-state index contributed by atoms with van der Waals surface area (Å²) in [7, 11) is 0. The monoisotopic (exact) mass is 351 g/mol. The zero-order valence-corrected chi connectivity index (χ0v) is 14.9. The van der Waals surface area contributed by atoms with Gasteiger partial charge in [0.2, 0.25) is 5.91 Å². The number of carbonyl (C=O) groups excluding carboxylic acids is 1. The Hall–Kier alpha value is -1.15. The first kappa shape index (κ1) is 16.3. The molecule has 0 bridgehead atoms. The second kappa shape index (κ2) is 6.29. The highest BCUT2D eigenvalue weighted by atomic mass is 32.2. The molecule has 2 aliphatic carbocycles. The van der Waals surface area contributed by atoms with Crippen LogP contribution in [-0.2, 0) is 15.1 Å². The smallest absolute Gasteiger partial charge is 0.222 e. The summed E-state index contributed by atoms with van der Waals surface area (Å²) in [6.07, 6.45) is 7.72. The molecule has 2 saturated carbocycles. The van der Waals surface area contributed by atoms with Crippen molar-refractivity contribution in [1.29, 1.82) is 0 Å². The van der Waals surface area contributed by atoms with Crippen molar-refractivity contribution in [3.8, 4) is 0 Å². The van der Waals surface area contributed by atoms with Gasteiger partial charge in [-0.1, -0.05) is 0 Å². The summed E-state index contributed by atoms with van der Waals surface area (Å²) in [6.45, 7) is 2.82. The van der Waals surface area contributed by atoms with E-state index in [0.29, 0.717) is 24.0 Å². The highest BCUT2D eigenvalue weighted by Crippen LogP contribution is 2.61. The molecule has 3 aliphatic rings. The van der Waals surface area contributed by atoms with Crippen LogP contribution in [0.4, 0.5) is 0 Å². The molecule has 7 nitrogen and oxygen atoms in total. The van der Waals surface area contributed by atoms with E-state index in [4.69, 9.17) is 4.74 Å². The number of hydrogen-bond acceptors (Lipinski definition) is 6. The molecular formula is C16H25N5O2S. The predicted octanol–water partition coefficient (Wildman–Crippen LogP) is 1.36. The molecule has 1 unspecified atom stereocenters. The highest BCUT2D eigenvalue weighted by molar-refractivity contribution is 7.99. The van der Waals surface area contributed by atoms with Crippen molar-refractivity contribution in [3.63, 3.8) is 0 Å². The van der Waals surface area contributed by atoms with Gasteiger partial charge in [-0.15, -0.1) is 5.10 Å². The molecule has 1 aromatic heterocycles. The number of nitrogens with zero attached hydrogens (tertiary/aromatic N) is 4. The minimum atomic E-state index is -0.256. The molecule has 1 aliphatic heterocycles. The summed E-state index contributed by atoms with van der Waals surface area (Å²) in [5.41, 5.74) is 0.0776. The van der Waals surface area contributed by atoms with E-state index in [2.05, 4.69) is 20.8 Å². The number of ether oxygens (including phenoxy) is 1. The predicted molar refractivity (Wildman–Crippen MR) is 90.6 cm³/mol. The van der Waals surface area contributed by atoms with Gasteiger partial charge in [0, 0.05) is 12.6 Å². The third-order valence-corrected chi connectivity index (χ3v) is 6.93. The Labute approximate surface area is 146 Å². The first-order valence-corrected chi connectivity index (χ1v) is 10.0. The van der Waals surface area contributed by atoms with Crippen LogP contribution in [0.5, 0.6) is 0 Å². The molecule has 1 amide bonds. The molecule has 0 aromatic carbocycles. The normalized spacial score (nSPS) is 33.9. The third kappa shape index (κ3) is 2.94. The Morgan fingerprint density at radius 3 is 2.83 bits per heavy atom. The zero-order valence-electron chi connectivity index (χ0n) is 14.1. The minimum absolute atomic E-state index is 0.138. The molecule has 1 atom stereocenters. The van der Waals surface area contributed by atoms with Crippen LogP contribution in [0, 0.1) is 5.41 Å². The quantitative estimate of drug-likeness (QED) is 0.833. The molecule has 1 aromatic rings. The SMILES string of the molecule is CCOC1CC2(C1)CC2NC(=O)CC1(n2cnnn2)CCSCC1. The van der Waals surface area contributed by atoms with Crippen molar-refractivity contribution in [2.45, 2.75) is 63.1 Å². The number of carbonyl (C=O) groups is 1. The van der Waals surface area contributed by atoms with E-state index in [-0.39, 0.29) is 11.4 Å². The van der Waals surface area contributed by atoms with E-state index in [0.717, 1.165) is 50.2 Å². The van der Waals surface area contributed by atoms with Crippen LogP contribution in [-0.4, -0.2) is 56.4 Å². The lowest BCUT2D eigenvalue weighted by atomic mass is 9.78. The van der Waals surface area contributed by atoms with E-state index >= 15 is 0 Å². The number of nitrogens with one attached hydrogen (secondary N) is 1. The summed E-state index contributed by atoms with van der Waals surface area (Å²) in [4.78, 5) is 12.7. The first-order valence-electron chi connectivity index (χ1n) is 8.88. The summed E-state index contributed by atoms with van der Waals surface area (Å²) in [6, 6.07) is 0.339. The van der Waals surface area contributed by atoms with Crippen LogP contribution >= 0.6 is 11.8 Å². The van der Waals surface area contributed by atoms with Crippen LogP contribution in [0.1, 0.15) is 45.4 Å². The van der Waals surface area contributed by atoms with Crippen molar-refractivity contribution in [1.82, 2.24) is 25.5 Å². The molecule has 2 heterocycles. The Bertz CT molecular complexity index is 581. The summed E-state index contributed by atoms with van der Waals surface area (Å²) in [5, 5.41) is 14.9. The van der Waals surface area contributed by atoms with E-state index < -0.39 is 0 Å². The van der Waals surface area contributed by atoms with Gasteiger partial charge in [0.25, 0.3) is 0 Å². The Morgan fingerprint density at radius 1 is 1.38 bits per heavy atom. The van der Waals surface area contributed by atoms with Crippen LogP contribution in [0.15, 0.2) is 6.33 Å². The van der Waals surface area contributed by atoms with Crippen molar-refractivity contribution in [2.75, 3.05) is 18.1 Å². The van der Waals surface area contributed by atoms with Crippen molar-refractivity contribution < 1.29 is 9.53 Å². The lowest BCUT2D eigenvalue weighted by Gasteiger charge is -2.37. The van der Waals surface area contributed by atoms with Crippen LogP contribution < -0.4 is 5.32 Å². The van der Waals surface area contributed by atoms with Crippen LogP contribution in [0.3, 0.4) is 0 Å². The summed E-state index contributed by atoms with van der Waals surface area (Å²) < 4.78 is 7.46. The third-order valence-electron chi connectivity index (χ3n) is 5.94. The number of aromatic nitrogens is 4. The van der Waals surface area contributed by atoms with Gasteiger partial charge in [-0.2, -0.15) is 11.8 Å². The fraction of sp³-hybridized carbons (Fsp3) is 0.875. The number of amides is 1. The van der Waals surface area contributed by atoms with E-state index in [1.165, 1.54) is 0 Å². The fourth-order valence-electron chi connectivity index (χ4n) is 4.36. The average Bonchev–Trinajstić information content (AvgIpc) is 2.98. The van der Waals surface area contributed by atoms with Gasteiger partial charge < -0.3 is 10.1 Å². The summed E-state index contributed by atoms with van der Waals surface area (Å²) in [5.74, 6) is 2.24. The van der Waals surface area contributed by atoms with Crippen LogP contribution in [0.25, 0.3) is 0 Å². The zero-order chi connectivity index (χ0) is 16.6. The Morgan fingerprint density at radius 2 is 2.17 bits per heavy atom. The standard InChI is InChI=1S/C16H25N5O2S/c1-2-23-12-7-15(8-12)9-13(15)18-14(22)10-16(3-5-24-6-4-16)21-11-17-19-20-21/h11-13H,2-10H2,1H3,(H,18,22). The lowest BCUT2D eigenvalue weighted by Crippen LogP contribution is -2.45. The number of thioether (sulfide) groups is 1. The molecule has 1 saturated heterocycles.